The Morgan fingerprint density at radius 3 is 1.25 bits per heavy atom. The smallest absolute Gasteiger partial charge is 0.872 e. The van der Waals surface area contributed by atoms with Crippen LogP contribution < -0.4 is 15.1 Å². The number of nitrogens with zero attached hydrogens (tertiary/aromatic N) is 5. The molecule has 4 rings (SSSR count). The van der Waals surface area contributed by atoms with E-state index in [1.165, 1.54) is 11.1 Å². The summed E-state index contributed by atoms with van der Waals surface area (Å²) in [6.45, 7) is 36.8. The summed E-state index contributed by atoms with van der Waals surface area (Å²) < 4.78 is 0. The standard InChI is InChI=1S/C34H56N2O2.C19H24N3.Y/c1-31(2,3)25-17-23(29(37)27(19-25)33(7,8)9)21-36(16-15-35(13)14)22-24-18-26(32(4,5)6)20-28(30(24)38)34(10,11)12;1-15(2)20-19(21-16(3)4)22(17-11-7-5-8-12-17)18-13-9-6-10-14-18;/h17-20,37-38H,15-16,21-22H2,1-14H3;5-16H,1-4H3;/q;-1;+3/p-2. The molecule has 0 aliphatic rings. The van der Waals surface area contributed by atoms with E-state index in [4.69, 9.17) is 10.3 Å². The average Bonchev–Trinajstić information content (AvgIpc) is 3.11. The second-order valence-corrected chi connectivity index (χ2v) is 21.3. The molecule has 0 saturated heterocycles. The predicted octanol–water partition coefficient (Wildman–Crippen LogP) is 12.0. The fourth-order valence-electron chi connectivity index (χ4n) is 6.78. The molecule has 0 amide bonds. The maximum atomic E-state index is 13.8. The van der Waals surface area contributed by atoms with Crippen LogP contribution in [-0.4, -0.2) is 55.0 Å². The fourth-order valence-corrected chi connectivity index (χ4v) is 6.78. The van der Waals surface area contributed by atoms with E-state index in [1.54, 1.807) is 0 Å². The number of anilines is 2. The Kier molecular flexibility index (Phi) is 19.8. The van der Waals surface area contributed by atoms with Crippen molar-refractivity contribution in [2.45, 2.75) is 158 Å². The Morgan fingerprint density at radius 2 is 0.951 bits per heavy atom. The summed E-state index contributed by atoms with van der Waals surface area (Å²) in [4.78, 5) is 11.3. The third-order valence-electron chi connectivity index (χ3n) is 10.3. The predicted molar refractivity (Wildman–Crippen MR) is 255 cm³/mol. The summed E-state index contributed by atoms with van der Waals surface area (Å²) >= 11 is 0. The van der Waals surface area contributed by atoms with Crippen molar-refractivity contribution in [3.8, 4) is 11.5 Å². The molecule has 0 bridgehead atoms. The fraction of sp³-hybridized carbons (Fsp3) is 0.528. The Morgan fingerprint density at radius 1 is 0.574 bits per heavy atom. The first-order valence-corrected chi connectivity index (χ1v) is 21.8. The van der Waals surface area contributed by atoms with Gasteiger partial charge in [0, 0.05) is 32.1 Å². The average molecular weight is 906 g/mol. The van der Waals surface area contributed by atoms with E-state index < -0.39 is 0 Å². The minimum Gasteiger partial charge on any atom is -0.872 e. The number of benzene rings is 4. The molecule has 8 heteroatoms. The molecule has 0 spiro atoms. The second kappa shape index (κ2) is 22.4. The molecule has 0 fully saturated rings. The monoisotopic (exact) mass is 906 g/mol. The van der Waals surface area contributed by atoms with Crippen molar-refractivity contribution in [3.63, 3.8) is 0 Å². The van der Waals surface area contributed by atoms with Gasteiger partial charge < -0.3 is 30.3 Å². The zero-order chi connectivity index (χ0) is 45.4. The van der Waals surface area contributed by atoms with Crippen LogP contribution in [0.25, 0.3) is 5.32 Å². The van der Waals surface area contributed by atoms with Crippen LogP contribution in [0.2, 0.25) is 0 Å². The molecule has 330 valence electrons. The molecular weight excluding hydrogens is 828 g/mol. The van der Waals surface area contributed by atoms with E-state index in [-0.39, 0.29) is 78.0 Å². The van der Waals surface area contributed by atoms with E-state index in [1.807, 2.05) is 36.4 Å². The summed E-state index contributed by atoms with van der Waals surface area (Å²) in [6, 6.07) is 29.3. The van der Waals surface area contributed by atoms with E-state index in [2.05, 4.69) is 188 Å². The molecule has 0 aliphatic heterocycles. The molecule has 0 unspecified atom stereocenters. The minimum absolute atomic E-state index is 0. The molecule has 4 aromatic carbocycles. The molecular formula is C53H78N5O2Y. The van der Waals surface area contributed by atoms with E-state index in [0.717, 1.165) is 52.7 Å². The quantitative estimate of drug-likeness (QED) is 0.111. The van der Waals surface area contributed by atoms with Crippen LogP contribution in [0.15, 0.2) is 89.9 Å². The van der Waals surface area contributed by atoms with Crippen molar-refractivity contribution in [1.29, 1.82) is 0 Å². The molecule has 0 N–H and O–H groups in total. The van der Waals surface area contributed by atoms with Gasteiger partial charge in [-0.25, -0.2) is 0 Å². The van der Waals surface area contributed by atoms with Gasteiger partial charge in [-0.15, -0.1) is 11.5 Å². The Labute approximate surface area is 397 Å². The summed E-state index contributed by atoms with van der Waals surface area (Å²) in [5.74, 6) is 1.01. The number of guanidine groups is 1. The van der Waals surface area contributed by atoms with Gasteiger partial charge in [0.15, 0.2) is 0 Å². The number of hydrogen-bond acceptors (Lipinski definition) is 5. The van der Waals surface area contributed by atoms with Crippen LogP contribution >= 0.6 is 0 Å². The number of para-hydroxylation sites is 2. The Hall–Kier alpha value is -3.23. The van der Waals surface area contributed by atoms with Crippen LogP contribution in [0.1, 0.15) is 144 Å². The normalized spacial score (nSPS) is 12.7. The first-order valence-electron chi connectivity index (χ1n) is 21.8. The summed E-state index contributed by atoms with van der Waals surface area (Å²) in [7, 11) is 4.12. The molecule has 0 saturated carbocycles. The van der Waals surface area contributed by atoms with E-state index in [9.17, 15) is 10.2 Å². The minimum atomic E-state index is -0.244. The van der Waals surface area contributed by atoms with Gasteiger partial charge in [0.05, 0.1) is 0 Å². The van der Waals surface area contributed by atoms with Gasteiger partial charge in [-0.3, -0.25) is 4.90 Å². The maximum absolute atomic E-state index is 13.8. The third kappa shape index (κ3) is 16.4. The summed E-state index contributed by atoms with van der Waals surface area (Å²) in [6.07, 6.45) is 0. The van der Waals surface area contributed by atoms with Crippen molar-refractivity contribution >= 4 is 17.3 Å². The first-order chi connectivity index (χ1) is 27.6. The molecule has 0 atom stereocenters. The number of likely N-dealkylation sites (N-methyl/N-ethyl adjacent to an activating group) is 1. The van der Waals surface area contributed by atoms with Gasteiger partial charge in [-0.2, -0.15) is 0 Å². The second-order valence-electron chi connectivity index (χ2n) is 21.3. The van der Waals surface area contributed by atoms with Gasteiger partial charge >= 0.3 is 32.7 Å². The summed E-state index contributed by atoms with van der Waals surface area (Å²) in [5, 5.41) is 32.3. The van der Waals surface area contributed by atoms with E-state index >= 15 is 0 Å². The van der Waals surface area contributed by atoms with Crippen LogP contribution in [0, 0.1) is 0 Å². The van der Waals surface area contributed by atoms with Crippen molar-refractivity contribution in [3.05, 3.63) is 124 Å². The summed E-state index contributed by atoms with van der Waals surface area (Å²) in [5.41, 5.74) is 7.23. The molecule has 0 aliphatic carbocycles. The molecule has 4 aromatic rings. The van der Waals surface area contributed by atoms with Crippen molar-refractivity contribution < 1.29 is 42.9 Å². The topological polar surface area (TPSA) is 82.3 Å². The molecule has 0 aromatic heterocycles. The van der Waals surface area contributed by atoms with Crippen molar-refractivity contribution in [2.75, 3.05) is 32.1 Å². The van der Waals surface area contributed by atoms with Gasteiger partial charge in [0.2, 0.25) is 0 Å². The molecule has 61 heavy (non-hydrogen) atoms. The van der Waals surface area contributed by atoms with Crippen LogP contribution in [0.5, 0.6) is 11.5 Å². The number of aliphatic imine (C=N–C) groups is 1. The molecule has 0 heterocycles. The van der Waals surface area contributed by atoms with Gasteiger partial charge in [0.25, 0.3) is 0 Å². The van der Waals surface area contributed by atoms with Crippen LogP contribution in [-0.2, 0) is 67.5 Å². The molecule has 0 radical (unpaired) electrons. The number of hydrogen-bond donors (Lipinski definition) is 0. The third-order valence-corrected chi connectivity index (χ3v) is 10.3. The van der Waals surface area contributed by atoms with E-state index in [0.29, 0.717) is 13.1 Å². The van der Waals surface area contributed by atoms with Crippen molar-refractivity contribution in [1.82, 2.24) is 9.80 Å². The Balaban J connectivity index is 0.000000472. The van der Waals surface area contributed by atoms with Crippen molar-refractivity contribution in [2.24, 2.45) is 4.99 Å². The zero-order valence-corrected chi connectivity index (χ0v) is 44.0. The van der Waals surface area contributed by atoms with Crippen LogP contribution in [0.3, 0.4) is 0 Å². The maximum Gasteiger partial charge on any atom is 3.00 e. The first kappa shape index (κ1) is 53.9. The Bertz CT molecular complexity index is 1860. The van der Waals surface area contributed by atoms with Gasteiger partial charge in [0.1, 0.15) is 0 Å². The SMILES string of the molecule is CC(C)N=C([N-]C(C)C)N(c1ccccc1)c1ccccc1.CN(C)CCN(Cc1cc(C(C)(C)C)cc(C(C)(C)C)c1[O-])Cc1cc(C(C)(C)C)cc(C(C)(C)C)c1[O-].[Y+3]. The largest absolute Gasteiger partial charge is 3.00 e. The molecule has 7 nitrogen and oxygen atoms in total. The zero-order valence-electron chi connectivity index (χ0n) is 41.2. The van der Waals surface area contributed by atoms with Gasteiger partial charge in [-0.05, 0) is 92.6 Å². The number of rotatable bonds is 11. The van der Waals surface area contributed by atoms with Gasteiger partial charge in [-0.1, -0.05) is 196 Å². The van der Waals surface area contributed by atoms with Crippen LogP contribution in [0.4, 0.5) is 11.4 Å².